The molecule has 2 aromatic carbocycles. The van der Waals surface area contributed by atoms with Crippen LogP contribution in [-0.2, 0) is 9.59 Å². The number of carbonyl (C=O) groups excluding carboxylic acids is 3. The first-order valence-electron chi connectivity index (χ1n) is 11.0. The highest BCUT2D eigenvalue weighted by atomic mass is 35.5. The molecule has 4 rings (SSSR count). The van der Waals surface area contributed by atoms with Crippen LogP contribution in [-0.4, -0.2) is 35.2 Å². The van der Waals surface area contributed by atoms with Gasteiger partial charge in [-0.05, 0) is 50.1 Å². The number of amides is 3. The predicted octanol–water partition coefficient (Wildman–Crippen LogP) is 4.92. The molecule has 0 spiro atoms. The van der Waals surface area contributed by atoms with Crippen LogP contribution in [0.2, 0.25) is 0 Å². The fourth-order valence-corrected chi connectivity index (χ4v) is 4.60. The zero-order valence-electron chi connectivity index (χ0n) is 18.0. The molecule has 166 valence electrons. The van der Waals surface area contributed by atoms with Gasteiger partial charge in [-0.25, -0.2) is 0 Å². The van der Waals surface area contributed by atoms with Crippen LogP contribution in [0.4, 0.5) is 11.4 Å². The molecule has 2 aromatic rings. The molecule has 32 heavy (non-hydrogen) atoms. The van der Waals surface area contributed by atoms with Crippen LogP contribution < -0.4 is 10.2 Å². The van der Waals surface area contributed by atoms with Crippen molar-refractivity contribution in [2.24, 2.45) is 0 Å². The SMILES string of the molecule is CCN(C(=O)c1cccc(NC2=C(Cl)C(=O)N(C3CCCCC3)C2=O)c1)c1ccccc1. The summed E-state index contributed by atoms with van der Waals surface area (Å²) < 4.78 is 0. The molecule has 0 radical (unpaired) electrons. The van der Waals surface area contributed by atoms with E-state index < -0.39 is 11.8 Å². The van der Waals surface area contributed by atoms with Crippen molar-refractivity contribution >= 4 is 40.7 Å². The Hall–Kier alpha value is -3.12. The highest BCUT2D eigenvalue weighted by molar-refractivity contribution is 6.48. The molecule has 1 aliphatic carbocycles. The van der Waals surface area contributed by atoms with Gasteiger partial charge in [0.15, 0.2) is 0 Å². The Kier molecular flexibility index (Phi) is 6.61. The third-order valence-electron chi connectivity index (χ3n) is 6.01. The first-order chi connectivity index (χ1) is 15.5. The largest absolute Gasteiger partial charge is 0.350 e. The predicted molar refractivity (Wildman–Crippen MR) is 125 cm³/mol. The average molecular weight is 452 g/mol. The Labute approximate surface area is 192 Å². The van der Waals surface area contributed by atoms with Gasteiger partial charge in [0.05, 0.1) is 0 Å². The maximum Gasteiger partial charge on any atom is 0.279 e. The summed E-state index contributed by atoms with van der Waals surface area (Å²) in [6.07, 6.45) is 4.75. The molecule has 1 fully saturated rings. The maximum absolute atomic E-state index is 13.1. The van der Waals surface area contributed by atoms with Crippen molar-refractivity contribution in [3.05, 3.63) is 70.9 Å². The van der Waals surface area contributed by atoms with Crippen LogP contribution in [0.1, 0.15) is 49.4 Å². The van der Waals surface area contributed by atoms with Gasteiger partial charge >= 0.3 is 0 Å². The molecule has 1 aliphatic heterocycles. The van der Waals surface area contributed by atoms with Gasteiger partial charge in [-0.1, -0.05) is 55.1 Å². The minimum Gasteiger partial charge on any atom is -0.350 e. The molecule has 1 heterocycles. The molecule has 2 aliphatic rings. The summed E-state index contributed by atoms with van der Waals surface area (Å²) >= 11 is 6.27. The average Bonchev–Trinajstić information content (AvgIpc) is 3.04. The van der Waals surface area contributed by atoms with Crippen molar-refractivity contribution < 1.29 is 14.4 Å². The van der Waals surface area contributed by atoms with E-state index in [0.29, 0.717) is 17.8 Å². The summed E-state index contributed by atoms with van der Waals surface area (Å²) in [5, 5.41) is 2.90. The topological polar surface area (TPSA) is 69.7 Å². The van der Waals surface area contributed by atoms with E-state index in [1.807, 2.05) is 37.3 Å². The monoisotopic (exact) mass is 451 g/mol. The van der Waals surface area contributed by atoms with Gasteiger partial charge in [-0.15, -0.1) is 0 Å². The van der Waals surface area contributed by atoms with Crippen molar-refractivity contribution in [3.63, 3.8) is 0 Å². The van der Waals surface area contributed by atoms with E-state index in [1.165, 1.54) is 4.90 Å². The zero-order chi connectivity index (χ0) is 22.7. The lowest BCUT2D eigenvalue weighted by Crippen LogP contribution is -2.42. The lowest BCUT2D eigenvalue weighted by atomic mass is 9.94. The van der Waals surface area contributed by atoms with Crippen LogP contribution in [0.5, 0.6) is 0 Å². The molecular formula is C25H26ClN3O3. The molecule has 0 bridgehead atoms. The van der Waals surface area contributed by atoms with Gasteiger partial charge in [-0.2, -0.15) is 0 Å². The number of benzene rings is 2. The number of hydrogen-bond acceptors (Lipinski definition) is 4. The fraction of sp³-hybridized carbons (Fsp3) is 0.320. The third-order valence-corrected chi connectivity index (χ3v) is 6.36. The minimum atomic E-state index is -0.445. The normalized spacial score (nSPS) is 17.1. The molecule has 7 heteroatoms. The quantitative estimate of drug-likeness (QED) is 0.633. The standard InChI is InChI=1S/C25H26ClN3O3/c1-2-28(19-12-5-3-6-13-19)23(30)17-10-9-11-18(16-17)27-22-21(26)24(31)29(25(22)32)20-14-7-4-8-15-20/h3,5-6,9-13,16,20,27H,2,4,7-8,14-15H2,1H3. The summed E-state index contributed by atoms with van der Waals surface area (Å²) in [7, 11) is 0. The van der Waals surface area contributed by atoms with Crippen molar-refractivity contribution in [1.29, 1.82) is 0 Å². The Bertz CT molecular complexity index is 1060. The van der Waals surface area contributed by atoms with E-state index in [-0.39, 0.29) is 22.7 Å². The molecule has 1 N–H and O–H groups in total. The van der Waals surface area contributed by atoms with Crippen LogP contribution in [0.15, 0.2) is 65.3 Å². The molecule has 3 amide bonds. The van der Waals surface area contributed by atoms with E-state index in [9.17, 15) is 14.4 Å². The van der Waals surface area contributed by atoms with Gasteiger partial charge in [0.2, 0.25) is 0 Å². The van der Waals surface area contributed by atoms with Gasteiger partial charge < -0.3 is 10.2 Å². The second-order valence-corrected chi connectivity index (χ2v) is 8.43. The lowest BCUT2D eigenvalue weighted by Gasteiger charge is -2.29. The number of halogens is 1. The number of para-hydroxylation sites is 1. The van der Waals surface area contributed by atoms with Crippen molar-refractivity contribution in [2.75, 3.05) is 16.8 Å². The smallest absolute Gasteiger partial charge is 0.279 e. The molecule has 0 atom stereocenters. The Morgan fingerprint density at radius 1 is 1.03 bits per heavy atom. The first kappa shape index (κ1) is 22.1. The molecule has 0 unspecified atom stereocenters. The second-order valence-electron chi connectivity index (χ2n) is 8.05. The molecule has 0 aromatic heterocycles. The first-order valence-corrected chi connectivity index (χ1v) is 11.4. The number of nitrogens with zero attached hydrogens (tertiary/aromatic N) is 2. The van der Waals surface area contributed by atoms with E-state index in [2.05, 4.69) is 5.32 Å². The highest BCUT2D eigenvalue weighted by Gasteiger charge is 2.42. The number of carbonyl (C=O) groups is 3. The van der Waals surface area contributed by atoms with Crippen LogP contribution in [0.3, 0.4) is 0 Å². The number of hydrogen-bond donors (Lipinski definition) is 1. The second kappa shape index (κ2) is 9.57. The molecule has 0 saturated heterocycles. The van der Waals surface area contributed by atoms with Gasteiger partial charge in [0.1, 0.15) is 10.7 Å². The van der Waals surface area contributed by atoms with E-state index in [1.54, 1.807) is 29.2 Å². The summed E-state index contributed by atoms with van der Waals surface area (Å²) in [6.45, 7) is 2.43. The molecule has 6 nitrogen and oxygen atoms in total. The van der Waals surface area contributed by atoms with Crippen LogP contribution in [0.25, 0.3) is 0 Å². The van der Waals surface area contributed by atoms with Crippen LogP contribution >= 0.6 is 11.6 Å². The van der Waals surface area contributed by atoms with Crippen molar-refractivity contribution in [3.8, 4) is 0 Å². The van der Waals surface area contributed by atoms with E-state index in [0.717, 1.165) is 37.8 Å². The molecular weight excluding hydrogens is 426 g/mol. The zero-order valence-corrected chi connectivity index (χ0v) is 18.8. The Morgan fingerprint density at radius 3 is 2.44 bits per heavy atom. The van der Waals surface area contributed by atoms with Crippen LogP contribution in [0, 0.1) is 0 Å². The number of anilines is 2. The Balaban J connectivity index is 1.54. The molecule has 1 saturated carbocycles. The number of rotatable bonds is 6. The fourth-order valence-electron chi connectivity index (χ4n) is 4.38. The van der Waals surface area contributed by atoms with E-state index in [4.69, 9.17) is 11.6 Å². The third kappa shape index (κ3) is 4.28. The maximum atomic E-state index is 13.1. The summed E-state index contributed by atoms with van der Waals surface area (Å²) in [5.41, 5.74) is 1.88. The van der Waals surface area contributed by atoms with Gasteiger partial charge in [-0.3, -0.25) is 19.3 Å². The summed E-state index contributed by atoms with van der Waals surface area (Å²) in [6, 6.07) is 16.2. The number of nitrogens with one attached hydrogen (secondary N) is 1. The van der Waals surface area contributed by atoms with E-state index >= 15 is 0 Å². The summed E-state index contributed by atoms with van der Waals surface area (Å²) in [5.74, 6) is -0.997. The minimum absolute atomic E-state index is 0.0715. The summed E-state index contributed by atoms with van der Waals surface area (Å²) in [4.78, 5) is 41.8. The number of imide groups is 1. The Morgan fingerprint density at radius 2 is 1.75 bits per heavy atom. The van der Waals surface area contributed by atoms with Gasteiger partial charge in [0, 0.05) is 29.5 Å². The lowest BCUT2D eigenvalue weighted by molar-refractivity contribution is -0.140. The van der Waals surface area contributed by atoms with Gasteiger partial charge in [0.25, 0.3) is 17.7 Å². The van der Waals surface area contributed by atoms with Crippen molar-refractivity contribution in [1.82, 2.24) is 4.90 Å². The highest BCUT2D eigenvalue weighted by Crippen LogP contribution is 2.32. The van der Waals surface area contributed by atoms with Crippen molar-refractivity contribution in [2.45, 2.75) is 45.1 Å².